The van der Waals surface area contributed by atoms with Crippen LogP contribution in [0.3, 0.4) is 0 Å². The summed E-state index contributed by atoms with van der Waals surface area (Å²) in [5, 5.41) is 13.2. The van der Waals surface area contributed by atoms with Gasteiger partial charge >= 0.3 is 5.97 Å². The van der Waals surface area contributed by atoms with Crippen LogP contribution in [0.1, 0.15) is 36.4 Å². The van der Waals surface area contributed by atoms with Crippen LogP contribution in [0.5, 0.6) is 0 Å². The smallest absolute Gasteiger partial charge is 0.303 e. The van der Waals surface area contributed by atoms with Gasteiger partial charge in [0.15, 0.2) is 0 Å². The molecule has 16 heavy (non-hydrogen) atoms. The molecule has 88 valence electrons. The van der Waals surface area contributed by atoms with Crippen molar-refractivity contribution < 1.29 is 14.7 Å². The standard InChI is InChI=1S/C11H15NO3S/c1-11(2,6-5-9(13)14)12-10(15)8-4-3-7-16-8/h3-4,7H,5-6H2,1-2H3,(H,12,15)(H,13,14). The lowest BCUT2D eigenvalue weighted by molar-refractivity contribution is -0.137. The van der Waals surface area contributed by atoms with Crippen LogP contribution in [0.2, 0.25) is 0 Å². The summed E-state index contributed by atoms with van der Waals surface area (Å²) in [6, 6.07) is 3.55. The van der Waals surface area contributed by atoms with Crippen molar-refractivity contribution in [1.29, 1.82) is 0 Å². The second-order valence-electron chi connectivity index (χ2n) is 4.21. The van der Waals surface area contributed by atoms with Crippen molar-refractivity contribution in [2.75, 3.05) is 0 Å². The first-order valence-electron chi connectivity index (χ1n) is 4.98. The Kier molecular flexibility index (Phi) is 4.06. The molecule has 5 heteroatoms. The molecule has 0 unspecified atom stereocenters. The third kappa shape index (κ3) is 4.02. The van der Waals surface area contributed by atoms with Crippen LogP contribution in [0.15, 0.2) is 17.5 Å². The molecule has 0 spiro atoms. The quantitative estimate of drug-likeness (QED) is 0.829. The molecule has 0 radical (unpaired) electrons. The minimum atomic E-state index is -0.849. The molecule has 2 N–H and O–H groups in total. The fraction of sp³-hybridized carbons (Fsp3) is 0.455. The number of carboxylic acid groups (broad SMARTS) is 1. The van der Waals surface area contributed by atoms with Gasteiger partial charge in [-0.15, -0.1) is 11.3 Å². The number of rotatable bonds is 5. The summed E-state index contributed by atoms with van der Waals surface area (Å²) in [5.74, 6) is -0.996. The van der Waals surface area contributed by atoms with Crippen LogP contribution in [-0.4, -0.2) is 22.5 Å². The third-order valence-corrected chi connectivity index (χ3v) is 3.03. The summed E-state index contributed by atoms with van der Waals surface area (Å²) >= 11 is 1.37. The molecule has 1 aromatic heterocycles. The fourth-order valence-electron chi connectivity index (χ4n) is 1.26. The second-order valence-corrected chi connectivity index (χ2v) is 5.16. The predicted octanol–water partition coefficient (Wildman–Crippen LogP) is 2.12. The highest BCUT2D eigenvalue weighted by Crippen LogP contribution is 2.14. The molecule has 4 nitrogen and oxygen atoms in total. The van der Waals surface area contributed by atoms with Gasteiger partial charge in [-0.1, -0.05) is 6.07 Å². The van der Waals surface area contributed by atoms with Crippen LogP contribution in [-0.2, 0) is 4.79 Å². The molecular weight excluding hydrogens is 226 g/mol. The SMILES string of the molecule is CC(C)(CCC(=O)O)NC(=O)c1cccs1. The van der Waals surface area contributed by atoms with E-state index in [0.717, 1.165) is 0 Å². The maximum Gasteiger partial charge on any atom is 0.303 e. The van der Waals surface area contributed by atoms with E-state index in [2.05, 4.69) is 5.32 Å². The summed E-state index contributed by atoms with van der Waals surface area (Å²) < 4.78 is 0. The lowest BCUT2D eigenvalue weighted by atomic mass is 9.98. The molecule has 0 atom stereocenters. The minimum absolute atomic E-state index is 0.0533. The first-order valence-corrected chi connectivity index (χ1v) is 5.86. The first kappa shape index (κ1) is 12.7. The lowest BCUT2D eigenvalue weighted by Gasteiger charge is -2.25. The molecule has 0 bridgehead atoms. The van der Waals surface area contributed by atoms with E-state index in [-0.39, 0.29) is 12.3 Å². The van der Waals surface area contributed by atoms with E-state index in [1.165, 1.54) is 11.3 Å². The maximum atomic E-state index is 11.7. The molecule has 1 heterocycles. The first-order chi connectivity index (χ1) is 7.41. The number of hydrogen-bond donors (Lipinski definition) is 2. The molecule has 1 rings (SSSR count). The molecule has 0 saturated carbocycles. The van der Waals surface area contributed by atoms with Crippen LogP contribution in [0, 0.1) is 0 Å². The van der Waals surface area contributed by atoms with Crippen molar-refractivity contribution in [2.24, 2.45) is 0 Å². The van der Waals surface area contributed by atoms with E-state index in [9.17, 15) is 9.59 Å². The van der Waals surface area contributed by atoms with Crippen molar-refractivity contribution in [3.63, 3.8) is 0 Å². The number of carbonyl (C=O) groups is 2. The molecule has 0 aliphatic rings. The van der Waals surface area contributed by atoms with E-state index >= 15 is 0 Å². The highest BCUT2D eigenvalue weighted by atomic mass is 32.1. The zero-order valence-corrected chi connectivity index (χ0v) is 10.1. The average Bonchev–Trinajstić information content (AvgIpc) is 2.67. The molecule has 0 aliphatic heterocycles. The highest BCUT2D eigenvalue weighted by molar-refractivity contribution is 7.12. The molecule has 0 aromatic carbocycles. The van der Waals surface area contributed by atoms with E-state index < -0.39 is 11.5 Å². The van der Waals surface area contributed by atoms with Crippen LogP contribution in [0.25, 0.3) is 0 Å². The largest absolute Gasteiger partial charge is 0.481 e. The Morgan fingerprint density at radius 1 is 1.50 bits per heavy atom. The highest BCUT2D eigenvalue weighted by Gasteiger charge is 2.22. The number of carbonyl (C=O) groups excluding carboxylic acids is 1. The number of thiophene rings is 1. The third-order valence-electron chi connectivity index (χ3n) is 2.16. The van der Waals surface area contributed by atoms with Gasteiger partial charge in [0.05, 0.1) is 4.88 Å². The van der Waals surface area contributed by atoms with Gasteiger partial charge in [0, 0.05) is 12.0 Å². The summed E-state index contributed by atoms with van der Waals surface area (Å²) in [6.07, 6.45) is 0.469. The summed E-state index contributed by atoms with van der Waals surface area (Å²) in [5.41, 5.74) is -0.501. The van der Waals surface area contributed by atoms with E-state index in [1.807, 2.05) is 25.3 Å². The van der Waals surface area contributed by atoms with Crippen molar-refractivity contribution in [1.82, 2.24) is 5.32 Å². The van der Waals surface area contributed by atoms with Gasteiger partial charge in [-0.05, 0) is 31.7 Å². The number of amides is 1. The number of hydrogen-bond acceptors (Lipinski definition) is 3. The fourth-order valence-corrected chi connectivity index (χ4v) is 1.88. The van der Waals surface area contributed by atoms with Gasteiger partial charge in [-0.2, -0.15) is 0 Å². The van der Waals surface area contributed by atoms with Crippen molar-refractivity contribution >= 4 is 23.2 Å². The zero-order valence-electron chi connectivity index (χ0n) is 9.32. The molecule has 1 amide bonds. The molecule has 0 aliphatic carbocycles. The molecule has 0 fully saturated rings. The zero-order chi connectivity index (χ0) is 12.2. The maximum absolute atomic E-state index is 11.7. The molecule has 0 saturated heterocycles. The van der Waals surface area contributed by atoms with Crippen LogP contribution >= 0.6 is 11.3 Å². The summed E-state index contributed by atoms with van der Waals surface area (Å²) in [4.78, 5) is 22.8. The van der Waals surface area contributed by atoms with Crippen molar-refractivity contribution in [3.8, 4) is 0 Å². The Balaban J connectivity index is 2.52. The van der Waals surface area contributed by atoms with Gasteiger partial charge in [-0.3, -0.25) is 9.59 Å². The Labute approximate surface area is 98.3 Å². The predicted molar refractivity (Wildman–Crippen MR) is 62.7 cm³/mol. The Morgan fingerprint density at radius 3 is 2.69 bits per heavy atom. The average molecular weight is 241 g/mol. The van der Waals surface area contributed by atoms with Gasteiger partial charge in [0.1, 0.15) is 0 Å². The van der Waals surface area contributed by atoms with Crippen molar-refractivity contribution in [2.45, 2.75) is 32.2 Å². The van der Waals surface area contributed by atoms with E-state index in [0.29, 0.717) is 11.3 Å². The Hall–Kier alpha value is -1.36. The monoisotopic (exact) mass is 241 g/mol. The normalized spacial score (nSPS) is 11.1. The lowest BCUT2D eigenvalue weighted by Crippen LogP contribution is -2.43. The van der Waals surface area contributed by atoms with E-state index in [1.54, 1.807) is 6.07 Å². The van der Waals surface area contributed by atoms with Crippen molar-refractivity contribution in [3.05, 3.63) is 22.4 Å². The number of nitrogens with one attached hydrogen (secondary N) is 1. The minimum Gasteiger partial charge on any atom is -0.481 e. The second kappa shape index (κ2) is 5.12. The summed E-state index contributed by atoms with van der Waals surface area (Å²) in [7, 11) is 0. The topological polar surface area (TPSA) is 66.4 Å². The van der Waals surface area contributed by atoms with Gasteiger partial charge < -0.3 is 10.4 Å². The van der Waals surface area contributed by atoms with E-state index in [4.69, 9.17) is 5.11 Å². The van der Waals surface area contributed by atoms with Gasteiger partial charge in [-0.25, -0.2) is 0 Å². The van der Waals surface area contributed by atoms with Gasteiger partial charge in [0.25, 0.3) is 5.91 Å². The summed E-state index contributed by atoms with van der Waals surface area (Å²) in [6.45, 7) is 3.64. The van der Waals surface area contributed by atoms with Crippen LogP contribution in [0.4, 0.5) is 0 Å². The Bertz CT molecular complexity index is 371. The Morgan fingerprint density at radius 2 is 2.19 bits per heavy atom. The molecular formula is C11H15NO3S. The number of aliphatic carboxylic acids is 1. The number of carboxylic acids is 1. The van der Waals surface area contributed by atoms with Gasteiger partial charge in [0.2, 0.25) is 0 Å². The van der Waals surface area contributed by atoms with Crippen LogP contribution < -0.4 is 5.32 Å². The molecule has 1 aromatic rings.